The van der Waals surface area contributed by atoms with E-state index in [1.54, 1.807) is 6.92 Å². The molecule has 6 nitrogen and oxygen atoms in total. The molecule has 0 radical (unpaired) electrons. The number of hydrogen-bond donors (Lipinski definition) is 1. The van der Waals surface area contributed by atoms with Gasteiger partial charge in [0.2, 0.25) is 0 Å². The lowest BCUT2D eigenvalue weighted by molar-refractivity contribution is -0.153. The number of rotatable bonds is 6. The molecule has 0 saturated heterocycles. The van der Waals surface area contributed by atoms with E-state index in [2.05, 4.69) is 20.2 Å². The average Bonchev–Trinajstić information content (AvgIpc) is 3.10. The zero-order chi connectivity index (χ0) is 22.8. The van der Waals surface area contributed by atoms with Crippen LogP contribution in [-0.4, -0.2) is 40.8 Å². The number of halogens is 6. The summed E-state index contributed by atoms with van der Waals surface area (Å²) in [7, 11) is 0. The molecule has 1 aromatic carbocycles. The van der Waals surface area contributed by atoms with Gasteiger partial charge in [0.1, 0.15) is 11.6 Å². The van der Waals surface area contributed by atoms with Crippen molar-refractivity contribution in [3.63, 3.8) is 0 Å². The SMILES string of the molecule is CC1=NNCC1c1cc(=O)n(-c2ccc(OCC(F)(F)F)cc2)c(CCC(F)(F)F)n1. The Morgan fingerprint density at radius 2 is 1.81 bits per heavy atom. The minimum Gasteiger partial charge on any atom is -0.484 e. The molecule has 2 heterocycles. The predicted octanol–water partition coefficient (Wildman–Crippen LogP) is 3.73. The fourth-order valence-electron chi connectivity index (χ4n) is 3.09. The van der Waals surface area contributed by atoms with Gasteiger partial charge in [0, 0.05) is 24.7 Å². The van der Waals surface area contributed by atoms with Crippen LogP contribution in [0.25, 0.3) is 5.69 Å². The lowest BCUT2D eigenvalue weighted by atomic mass is 10.0. The molecule has 12 heteroatoms. The summed E-state index contributed by atoms with van der Waals surface area (Å²) in [5.41, 5.74) is 3.26. The van der Waals surface area contributed by atoms with Crippen molar-refractivity contribution in [1.82, 2.24) is 15.0 Å². The Bertz CT molecular complexity index is 1010. The van der Waals surface area contributed by atoms with E-state index in [0.29, 0.717) is 18.0 Å². The fourth-order valence-corrected chi connectivity index (χ4v) is 3.09. The second-order valence-corrected chi connectivity index (χ2v) is 6.95. The summed E-state index contributed by atoms with van der Waals surface area (Å²) in [6.07, 6.45) is -10.7. The molecule has 0 fully saturated rings. The highest BCUT2D eigenvalue weighted by molar-refractivity contribution is 5.89. The van der Waals surface area contributed by atoms with Gasteiger partial charge < -0.3 is 10.2 Å². The Morgan fingerprint density at radius 3 is 2.35 bits per heavy atom. The van der Waals surface area contributed by atoms with E-state index in [1.807, 2.05) is 0 Å². The van der Waals surface area contributed by atoms with Gasteiger partial charge in [0.05, 0.1) is 23.7 Å². The van der Waals surface area contributed by atoms with Crippen molar-refractivity contribution in [2.24, 2.45) is 5.10 Å². The average molecular weight is 448 g/mol. The topological polar surface area (TPSA) is 68.5 Å². The van der Waals surface area contributed by atoms with Crippen LogP contribution in [0.3, 0.4) is 0 Å². The van der Waals surface area contributed by atoms with Crippen LogP contribution in [0.5, 0.6) is 5.75 Å². The molecule has 31 heavy (non-hydrogen) atoms. The van der Waals surface area contributed by atoms with Crippen LogP contribution in [0, 0.1) is 0 Å². The molecule has 1 unspecified atom stereocenters. The molecule has 1 aliphatic heterocycles. The molecule has 3 rings (SSSR count). The Balaban J connectivity index is 1.96. The molecule has 2 aromatic rings. The minimum absolute atomic E-state index is 0.0978. The lowest BCUT2D eigenvalue weighted by Crippen LogP contribution is -2.27. The Kier molecular flexibility index (Phi) is 6.27. The van der Waals surface area contributed by atoms with Crippen molar-refractivity contribution in [1.29, 1.82) is 0 Å². The van der Waals surface area contributed by atoms with Crippen LogP contribution < -0.4 is 15.7 Å². The van der Waals surface area contributed by atoms with E-state index in [1.165, 1.54) is 30.3 Å². The normalized spacial score (nSPS) is 16.7. The van der Waals surface area contributed by atoms with Crippen LogP contribution in [0.1, 0.15) is 30.8 Å². The maximum absolute atomic E-state index is 12.8. The first kappa shape index (κ1) is 22.6. The number of hydrazone groups is 1. The number of nitrogens with zero attached hydrogens (tertiary/aromatic N) is 3. The van der Waals surface area contributed by atoms with Crippen molar-refractivity contribution in [3.05, 3.63) is 52.2 Å². The summed E-state index contributed by atoms with van der Waals surface area (Å²) in [6.45, 7) is 0.592. The number of aromatic nitrogens is 2. The first-order chi connectivity index (χ1) is 14.4. The van der Waals surface area contributed by atoms with E-state index >= 15 is 0 Å². The highest BCUT2D eigenvalue weighted by atomic mass is 19.4. The summed E-state index contributed by atoms with van der Waals surface area (Å²) in [4.78, 5) is 17.1. The number of alkyl halides is 6. The maximum Gasteiger partial charge on any atom is 0.422 e. The molecule has 0 bridgehead atoms. The van der Waals surface area contributed by atoms with Crippen molar-refractivity contribution < 1.29 is 31.1 Å². The smallest absolute Gasteiger partial charge is 0.422 e. The van der Waals surface area contributed by atoms with Gasteiger partial charge in [-0.3, -0.25) is 9.36 Å². The standard InChI is InChI=1S/C19H18F6N4O2/c1-11-14(9-26-28-11)15-8-17(30)29(16(27-15)6-7-18(20,21)22)12-2-4-13(5-3-12)31-10-19(23,24)25/h2-5,8,14,26H,6-7,9-10H2,1H3. The third-order valence-corrected chi connectivity index (χ3v) is 4.55. The van der Waals surface area contributed by atoms with E-state index in [-0.39, 0.29) is 23.2 Å². The highest BCUT2D eigenvalue weighted by Crippen LogP contribution is 2.25. The van der Waals surface area contributed by atoms with Gasteiger partial charge in [-0.05, 0) is 31.2 Å². The summed E-state index contributed by atoms with van der Waals surface area (Å²) < 4.78 is 80.9. The van der Waals surface area contributed by atoms with Crippen molar-refractivity contribution in [3.8, 4) is 11.4 Å². The third kappa shape index (κ3) is 5.98. The fraction of sp³-hybridized carbons (Fsp3) is 0.421. The van der Waals surface area contributed by atoms with Gasteiger partial charge in [-0.1, -0.05) is 0 Å². The Hall–Kier alpha value is -3.05. The van der Waals surface area contributed by atoms with Crippen LogP contribution in [0.15, 0.2) is 40.2 Å². The highest BCUT2D eigenvalue weighted by Gasteiger charge is 2.30. The Labute approximate surface area is 172 Å². The quantitative estimate of drug-likeness (QED) is 0.684. The van der Waals surface area contributed by atoms with Gasteiger partial charge in [-0.25, -0.2) is 4.98 Å². The van der Waals surface area contributed by atoms with E-state index in [9.17, 15) is 31.1 Å². The van der Waals surface area contributed by atoms with Gasteiger partial charge in [-0.15, -0.1) is 0 Å². The monoisotopic (exact) mass is 448 g/mol. The van der Waals surface area contributed by atoms with Gasteiger partial charge in [0.15, 0.2) is 6.61 Å². The molecule has 0 aliphatic carbocycles. The maximum atomic E-state index is 12.8. The minimum atomic E-state index is -4.52. The molecule has 168 valence electrons. The largest absolute Gasteiger partial charge is 0.484 e. The number of benzene rings is 1. The predicted molar refractivity (Wildman–Crippen MR) is 99.6 cm³/mol. The summed E-state index contributed by atoms with van der Waals surface area (Å²) >= 11 is 0. The van der Waals surface area contributed by atoms with Crippen molar-refractivity contribution in [2.45, 2.75) is 38.0 Å². The molecule has 1 N–H and O–H groups in total. The molecular formula is C19H18F6N4O2. The van der Waals surface area contributed by atoms with Crippen LogP contribution in [0.4, 0.5) is 26.3 Å². The molecule has 1 aromatic heterocycles. The van der Waals surface area contributed by atoms with Crippen molar-refractivity contribution in [2.75, 3.05) is 13.2 Å². The lowest BCUT2D eigenvalue weighted by Gasteiger charge is -2.17. The van der Waals surface area contributed by atoms with E-state index in [4.69, 9.17) is 0 Å². The second kappa shape index (κ2) is 8.60. The first-order valence-electron chi connectivity index (χ1n) is 9.19. The van der Waals surface area contributed by atoms with E-state index in [0.717, 1.165) is 4.57 Å². The molecule has 1 atom stereocenters. The zero-order valence-corrected chi connectivity index (χ0v) is 16.2. The molecule has 0 saturated carbocycles. The van der Waals surface area contributed by atoms with Gasteiger partial charge >= 0.3 is 12.4 Å². The number of nitrogens with one attached hydrogen (secondary N) is 1. The number of aryl methyl sites for hydroxylation is 1. The van der Waals surface area contributed by atoms with Crippen LogP contribution in [0.2, 0.25) is 0 Å². The Morgan fingerprint density at radius 1 is 1.13 bits per heavy atom. The summed E-state index contributed by atoms with van der Waals surface area (Å²) in [6, 6.07) is 6.20. The van der Waals surface area contributed by atoms with Gasteiger partial charge in [0.25, 0.3) is 5.56 Å². The second-order valence-electron chi connectivity index (χ2n) is 6.95. The molecule has 1 aliphatic rings. The first-order valence-corrected chi connectivity index (χ1v) is 9.19. The van der Waals surface area contributed by atoms with Crippen molar-refractivity contribution >= 4 is 5.71 Å². The summed E-state index contributed by atoms with van der Waals surface area (Å²) in [5, 5.41) is 4.01. The zero-order valence-electron chi connectivity index (χ0n) is 16.2. The summed E-state index contributed by atoms with van der Waals surface area (Å²) in [5.74, 6) is -0.548. The molecule has 0 spiro atoms. The van der Waals surface area contributed by atoms with E-state index < -0.39 is 37.4 Å². The third-order valence-electron chi connectivity index (χ3n) is 4.55. The number of hydrogen-bond acceptors (Lipinski definition) is 5. The molecular weight excluding hydrogens is 430 g/mol. The van der Waals surface area contributed by atoms with Gasteiger partial charge in [-0.2, -0.15) is 31.4 Å². The number of ether oxygens (including phenoxy) is 1. The van der Waals surface area contributed by atoms with Crippen LogP contribution >= 0.6 is 0 Å². The van der Waals surface area contributed by atoms with Crippen LogP contribution in [-0.2, 0) is 6.42 Å². The molecule has 0 amide bonds.